The number of thiol groups is 1. The topological polar surface area (TPSA) is 0 Å². The van der Waals surface area contributed by atoms with Gasteiger partial charge in [0.05, 0.1) is 4.21 Å². The molecule has 1 aromatic heterocycles. The van der Waals surface area contributed by atoms with Gasteiger partial charge in [-0.15, -0.1) is 24.0 Å². The summed E-state index contributed by atoms with van der Waals surface area (Å²) in [6.45, 7) is 5.81. The highest BCUT2D eigenvalue weighted by atomic mass is 32.2. The quantitative estimate of drug-likeness (QED) is 0.593. The predicted octanol–water partition coefficient (Wildman–Crippen LogP) is 3.07. The maximum atomic E-state index is 4.18. The molecule has 0 saturated heterocycles. The summed E-state index contributed by atoms with van der Waals surface area (Å²) in [6, 6.07) is 2.02. The molecular weight excluding hydrogens is 148 g/mol. The van der Waals surface area contributed by atoms with Gasteiger partial charge >= 0.3 is 0 Å². The maximum Gasteiger partial charge on any atom is 0.0574 e. The fourth-order valence-corrected chi connectivity index (χ4v) is 1.56. The molecule has 0 saturated carbocycles. The van der Waals surface area contributed by atoms with E-state index in [0.29, 0.717) is 0 Å². The van der Waals surface area contributed by atoms with Crippen LogP contribution in [-0.4, -0.2) is 0 Å². The molecule has 0 aliphatic heterocycles. The minimum Gasteiger partial charge on any atom is -0.137 e. The van der Waals surface area contributed by atoms with Crippen LogP contribution in [0.4, 0.5) is 0 Å². The van der Waals surface area contributed by atoms with Crippen LogP contribution in [-0.2, 0) is 0 Å². The van der Waals surface area contributed by atoms with Crippen LogP contribution in [0.15, 0.2) is 22.2 Å². The van der Waals surface area contributed by atoms with Crippen molar-refractivity contribution in [2.24, 2.45) is 0 Å². The summed E-state index contributed by atoms with van der Waals surface area (Å²) >= 11 is 5.81. The Morgan fingerprint density at radius 3 is 2.67 bits per heavy atom. The predicted molar refractivity (Wildman–Crippen MR) is 46.3 cm³/mol. The first-order valence-electron chi connectivity index (χ1n) is 2.63. The Kier molecular flexibility index (Phi) is 1.98. The zero-order valence-electron chi connectivity index (χ0n) is 5.22. The minimum absolute atomic E-state index is 1.05. The van der Waals surface area contributed by atoms with E-state index in [-0.39, 0.29) is 0 Å². The Balaban J connectivity index is 2.98. The Labute approximate surface area is 64.6 Å². The van der Waals surface area contributed by atoms with Gasteiger partial charge in [-0.05, 0) is 23.9 Å². The van der Waals surface area contributed by atoms with Crippen molar-refractivity contribution in [2.75, 3.05) is 0 Å². The first-order valence-corrected chi connectivity index (χ1v) is 3.96. The molecule has 1 rings (SSSR count). The summed E-state index contributed by atoms with van der Waals surface area (Å²) < 4.78 is 1.05. The van der Waals surface area contributed by atoms with E-state index in [9.17, 15) is 0 Å². The molecule has 0 bridgehead atoms. The van der Waals surface area contributed by atoms with Crippen LogP contribution in [0.1, 0.15) is 12.5 Å². The normalized spacial score (nSPS) is 9.56. The van der Waals surface area contributed by atoms with Gasteiger partial charge in [0.25, 0.3) is 0 Å². The summed E-state index contributed by atoms with van der Waals surface area (Å²) in [4.78, 5) is 0. The van der Waals surface area contributed by atoms with Crippen molar-refractivity contribution in [2.45, 2.75) is 11.1 Å². The molecule has 0 radical (unpaired) electrons. The average molecular weight is 156 g/mol. The molecule has 1 aromatic rings. The first kappa shape index (κ1) is 6.90. The summed E-state index contributed by atoms with van der Waals surface area (Å²) in [5.74, 6) is 0. The van der Waals surface area contributed by atoms with E-state index in [4.69, 9.17) is 0 Å². The van der Waals surface area contributed by atoms with E-state index < -0.39 is 0 Å². The number of allylic oxidation sites excluding steroid dienone is 1. The van der Waals surface area contributed by atoms with Crippen molar-refractivity contribution in [1.29, 1.82) is 0 Å². The molecule has 0 aliphatic carbocycles. The van der Waals surface area contributed by atoms with Crippen molar-refractivity contribution in [3.8, 4) is 0 Å². The van der Waals surface area contributed by atoms with Gasteiger partial charge in [0.1, 0.15) is 0 Å². The van der Waals surface area contributed by atoms with E-state index >= 15 is 0 Å². The summed E-state index contributed by atoms with van der Waals surface area (Å²) in [6.07, 6.45) is 0. The van der Waals surface area contributed by atoms with Gasteiger partial charge in [-0.1, -0.05) is 12.2 Å². The third-order valence-electron chi connectivity index (χ3n) is 1.08. The fourth-order valence-electron chi connectivity index (χ4n) is 0.549. The van der Waals surface area contributed by atoms with Crippen LogP contribution < -0.4 is 0 Å². The van der Waals surface area contributed by atoms with Crippen LogP contribution >= 0.6 is 24.0 Å². The molecule has 0 aromatic carbocycles. The molecule has 0 N–H and O–H groups in total. The summed E-state index contributed by atoms with van der Waals surface area (Å²) in [5, 5.41) is 2.06. The number of rotatable bonds is 1. The molecule has 9 heavy (non-hydrogen) atoms. The van der Waals surface area contributed by atoms with Gasteiger partial charge in [-0.3, -0.25) is 0 Å². The highest BCUT2D eigenvalue weighted by Crippen LogP contribution is 2.22. The lowest BCUT2D eigenvalue weighted by Crippen LogP contribution is -1.65. The van der Waals surface area contributed by atoms with Gasteiger partial charge in [0.15, 0.2) is 0 Å². The van der Waals surface area contributed by atoms with Gasteiger partial charge in [0, 0.05) is 0 Å². The zero-order valence-corrected chi connectivity index (χ0v) is 6.93. The Bertz CT molecular complexity index is 223. The van der Waals surface area contributed by atoms with Crippen molar-refractivity contribution in [3.05, 3.63) is 23.6 Å². The van der Waals surface area contributed by atoms with Crippen molar-refractivity contribution < 1.29 is 0 Å². The third kappa shape index (κ3) is 1.60. The highest BCUT2D eigenvalue weighted by Gasteiger charge is 1.94. The molecule has 0 spiro atoms. The van der Waals surface area contributed by atoms with Crippen LogP contribution in [0.2, 0.25) is 0 Å². The van der Waals surface area contributed by atoms with Gasteiger partial charge in [-0.2, -0.15) is 0 Å². The lowest BCUT2D eigenvalue weighted by molar-refractivity contribution is 1.63. The molecular formula is C7H8S2. The van der Waals surface area contributed by atoms with Crippen LogP contribution in [0.25, 0.3) is 5.57 Å². The van der Waals surface area contributed by atoms with E-state index in [1.807, 2.05) is 13.0 Å². The van der Waals surface area contributed by atoms with E-state index in [0.717, 1.165) is 9.78 Å². The standard InChI is InChI=1S/C7H8S2/c1-5(2)6-3-7(8)9-4-6/h3-4,8H,1H2,2H3. The average Bonchev–Trinajstić information content (AvgIpc) is 2.14. The van der Waals surface area contributed by atoms with Crippen molar-refractivity contribution in [3.63, 3.8) is 0 Å². The SMILES string of the molecule is C=C(C)c1csc(S)c1. The Morgan fingerprint density at radius 1 is 1.78 bits per heavy atom. The fraction of sp³-hybridized carbons (Fsp3) is 0.143. The second kappa shape index (κ2) is 2.58. The molecule has 2 heteroatoms. The number of thiophene rings is 1. The van der Waals surface area contributed by atoms with Gasteiger partial charge < -0.3 is 0 Å². The van der Waals surface area contributed by atoms with Crippen LogP contribution in [0.3, 0.4) is 0 Å². The maximum absolute atomic E-state index is 4.18. The molecule has 0 fully saturated rings. The monoisotopic (exact) mass is 156 g/mol. The Hall–Kier alpha value is -0.210. The molecule has 0 nitrogen and oxygen atoms in total. The van der Waals surface area contributed by atoms with E-state index in [1.54, 1.807) is 11.3 Å². The Morgan fingerprint density at radius 2 is 2.44 bits per heavy atom. The van der Waals surface area contributed by atoms with E-state index in [1.165, 1.54) is 5.56 Å². The van der Waals surface area contributed by atoms with Crippen molar-refractivity contribution >= 4 is 29.5 Å². The third-order valence-corrected chi connectivity index (χ3v) is 2.25. The summed E-state index contributed by atoms with van der Waals surface area (Å²) in [7, 11) is 0. The highest BCUT2D eigenvalue weighted by molar-refractivity contribution is 7.82. The summed E-state index contributed by atoms with van der Waals surface area (Å²) in [5.41, 5.74) is 2.30. The number of hydrogen-bond acceptors (Lipinski definition) is 2. The van der Waals surface area contributed by atoms with Crippen LogP contribution in [0, 0.1) is 0 Å². The molecule has 0 aliphatic rings. The zero-order chi connectivity index (χ0) is 6.85. The molecule has 0 atom stereocenters. The molecule has 0 amide bonds. The molecule has 48 valence electrons. The largest absolute Gasteiger partial charge is 0.137 e. The lowest BCUT2D eigenvalue weighted by Gasteiger charge is -1.87. The van der Waals surface area contributed by atoms with Crippen LogP contribution in [0.5, 0.6) is 0 Å². The van der Waals surface area contributed by atoms with Crippen molar-refractivity contribution in [1.82, 2.24) is 0 Å². The van der Waals surface area contributed by atoms with Gasteiger partial charge in [-0.25, -0.2) is 0 Å². The smallest absolute Gasteiger partial charge is 0.0574 e. The van der Waals surface area contributed by atoms with Gasteiger partial charge in [0.2, 0.25) is 0 Å². The molecule has 0 unspecified atom stereocenters. The minimum atomic E-state index is 1.05. The first-order chi connectivity index (χ1) is 4.20. The number of hydrogen-bond donors (Lipinski definition) is 1. The van der Waals surface area contributed by atoms with E-state index in [2.05, 4.69) is 24.6 Å². The molecule has 1 heterocycles. The lowest BCUT2D eigenvalue weighted by atomic mass is 10.2. The second-order valence-electron chi connectivity index (χ2n) is 1.95. The second-order valence-corrected chi connectivity index (χ2v) is 3.65.